The first-order valence-corrected chi connectivity index (χ1v) is 6.71. The molecule has 0 fully saturated rings. The number of fused-ring (bicyclic) bond motifs is 1. The summed E-state index contributed by atoms with van der Waals surface area (Å²) in [5.74, 6) is -1.09. The molecule has 1 unspecified atom stereocenters. The van der Waals surface area contributed by atoms with Gasteiger partial charge in [-0.2, -0.15) is 9.78 Å². The van der Waals surface area contributed by atoms with E-state index in [1.807, 2.05) is 11.9 Å². The predicted octanol–water partition coefficient (Wildman–Crippen LogP) is 0.596. The average molecular weight is 324 g/mol. The highest BCUT2D eigenvalue weighted by molar-refractivity contribution is 6.32. The van der Waals surface area contributed by atoms with Crippen LogP contribution in [0.5, 0.6) is 5.75 Å². The van der Waals surface area contributed by atoms with Crippen molar-refractivity contribution in [3.05, 3.63) is 49.3 Å². The Balaban J connectivity index is 2.28. The lowest BCUT2D eigenvalue weighted by Crippen LogP contribution is -2.36. The maximum absolute atomic E-state index is 12.0. The van der Waals surface area contributed by atoms with E-state index in [0.717, 1.165) is 4.68 Å². The van der Waals surface area contributed by atoms with Gasteiger partial charge >= 0.3 is 11.7 Å². The van der Waals surface area contributed by atoms with E-state index in [0.29, 0.717) is 28.4 Å². The van der Waals surface area contributed by atoms with Gasteiger partial charge in [0.05, 0.1) is 10.7 Å². The first-order chi connectivity index (χ1) is 10.4. The lowest BCUT2D eigenvalue weighted by molar-refractivity contribution is 0.0685. The molecule has 1 aromatic carbocycles. The maximum atomic E-state index is 12.0. The molecule has 0 aliphatic carbocycles. The Labute approximate surface area is 127 Å². The third-order valence-corrected chi connectivity index (χ3v) is 3.55. The highest BCUT2D eigenvalue weighted by Gasteiger charge is 2.27. The van der Waals surface area contributed by atoms with Crippen LogP contribution in [0.2, 0.25) is 5.02 Å². The number of carboxylic acid groups (broad SMARTS) is 1. The van der Waals surface area contributed by atoms with Crippen LogP contribution in [-0.2, 0) is 6.42 Å². The lowest BCUT2D eigenvalue weighted by Gasteiger charge is -2.09. The van der Waals surface area contributed by atoms with E-state index < -0.39 is 22.9 Å². The summed E-state index contributed by atoms with van der Waals surface area (Å²) < 4.78 is 6.41. The molecule has 114 valence electrons. The highest BCUT2D eigenvalue weighted by Crippen LogP contribution is 2.38. The molecule has 2 heterocycles. The molecule has 0 amide bonds. The first kappa shape index (κ1) is 14.3. The highest BCUT2D eigenvalue weighted by atomic mass is 35.5. The summed E-state index contributed by atoms with van der Waals surface area (Å²) in [6.07, 6.45) is 0.354. The van der Waals surface area contributed by atoms with Gasteiger partial charge < -0.3 is 9.84 Å². The van der Waals surface area contributed by atoms with Crippen molar-refractivity contribution in [1.29, 1.82) is 0 Å². The summed E-state index contributed by atoms with van der Waals surface area (Å²) in [5, 5.41) is 13.0. The Morgan fingerprint density at radius 1 is 1.50 bits per heavy atom. The maximum Gasteiger partial charge on any atom is 0.362 e. The minimum absolute atomic E-state index is 0.133. The molecule has 3 rings (SSSR count). The molecule has 0 saturated carbocycles. The summed E-state index contributed by atoms with van der Waals surface area (Å²) in [5.41, 5.74) is -1.69. The molecule has 1 aliphatic rings. The van der Waals surface area contributed by atoms with Gasteiger partial charge in [-0.1, -0.05) is 11.6 Å². The average Bonchev–Trinajstić information content (AvgIpc) is 2.82. The van der Waals surface area contributed by atoms with Gasteiger partial charge in [0.15, 0.2) is 0 Å². The van der Waals surface area contributed by atoms with Gasteiger partial charge in [0.1, 0.15) is 11.9 Å². The topological polar surface area (TPSA) is 114 Å². The number of H-pyrrole nitrogens is 1. The van der Waals surface area contributed by atoms with Crippen LogP contribution in [0.1, 0.15) is 23.0 Å². The van der Waals surface area contributed by atoms with Gasteiger partial charge in [-0.05, 0) is 19.1 Å². The van der Waals surface area contributed by atoms with E-state index in [-0.39, 0.29) is 6.10 Å². The summed E-state index contributed by atoms with van der Waals surface area (Å²) in [4.78, 5) is 36.4. The van der Waals surface area contributed by atoms with Crippen LogP contribution in [0.15, 0.2) is 21.7 Å². The van der Waals surface area contributed by atoms with Gasteiger partial charge in [-0.15, -0.1) is 0 Å². The third-order valence-electron chi connectivity index (χ3n) is 3.26. The Bertz CT molecular complexity index is 902. The van der Waals surface area contributed by atoms with Crippen molar-refractivity contribution in [2.75, 3.05) is 0 Å². The SMILES string of the molecule is CC1Cc2c(-n3nc(C(=O)O)c(=O)[nH]c3=O)ccc(Cl)c2O1. The van der Waals surface area contributed by atoms with Gasteiger partial charge in [0.2, 0.25) is 5.69 Å². The zero-order valence-corrected chi connectivity index (χ0v) is 12.0. The van der Waals surface area contributed by atoms with Crippen LogP contribution in [0.4, 0.5) is 0 Å². The van der Waals surface area contributed by atoms with Crippen LogP contribution in [0.3, 0.4) is 0 Å². The Hall–Kier alpha value is -2.61. The molecular formula is C13H10ClN3O5. The molecular weight excluding hydrogens is 314 g/mol. The largest absolute Gasteiger partial charge is 0.488 e. The number of rotatable bonds is 2. The van der Waals surface area contributed by atoms with Crippen molar-refractivity contribution in [2.45, 2.75) is 19.4 Å². The zero-order valence-electron chi connectivity index (χ0n) is 11.3. The monoisotopic (exact) mass is 323 g/mol. The van der Waals surface area contributed by atoms with E-state index in [9.17, 15) is 14.4 Å². The Kier molecular flexibility index (Phi) is 3.25. The number of carbonyl (C=O) groups is 1. The molecule has 1 aliphatic heterocycles. The quantitative estimate of drug-likeness (QED) is 0.836. The van der Waals surface area contributed by atoms with Gasteiger partial charge in [0, 0.05) is 12.0 Å². The number of aromatic amines is 1. The zero-order chi connectivity index (χ0) is 16.0. The number of aromatic carboxylic acids is 1. The summed E-state index contributed by atoms with van der Waals surface area (Å²) in [6, 6.07) is 3.05. The lowest BCUT2D eigenvalue weighted by atomic mass is 10.1. The Morgan fingerprint density at radius 3 is 2.91 bits per heavy atom. The van der Waals surface area contributed by atoms with E-state index >= 15 is 0 Å². The second-order valence-corrected chi connectivity index (χ2v) is 5.24. The number of nitrogens with one attached hydrogen (secondary N) is 1. The Morgan fingerprint density at radius 2 is 2.23 bits per heavy atom. The number of hydrogen-bond donors (Lipinski definition) is 2. The van der Waals surface area contributed by atoms with E-state index in [1.165, 1.54) is 12.1 Å². The smallest absolute Gasteiger partial charge is 0.362 e. The standard InChI is InChI=1S/C13H10ClN3O5/c1-5-4-6-8(3-2-7(14)10(6)22-5)17-13(21)15-11(18)9(16-17)12(19)20/h2-3,5H,4H2,1H3,(H,19,20)(H,15,18,21). The molecule has 1 aromatic heterocycles. The summed E-state index contributed by atoms with van der Waals surface area (Å²) >= 11 is 6.06. The fraction of sp³-hybridized carbons (Fsp3) is 0.231. The molecule has 22 heavy (non-hydrogen) atoms. The number of halogens is 1. The number of ether oxygens (including phenoxy) is 1. The molecule has 2 N–H and O–H groups in total. The number of benzene rings is 1. The van der Waals surface area contributed by atoms with E-state index in [2.05, 4.69) is 5.10 Å². The number of carboxylic acids is 1. The second-order valence-electron chi connectivity index (χ2n) is 4.83. The van der Waals surface area contributed by atoms with Crippen LogP contribution >= 0.6 is 11.6 Å². The molecule has 8 nitrogen and oxygen atoms in total. The predicted molar refractivity (Wildman–Crippen MR) is 76.2 cm³/mol. The third kappa shape index (κ3) is 2.17. The van der Waals surface area contributed by atoms with Crippen LogP contribution in [-0.4, -0.2) is 31.9 Å². The van der Waals surface area contributed by atoms with Crippen LogP contribution < -0.4 is 16.0 Å². The number of nitrogens with zero attached hydrogens (tertiary/aromatic N) is 2. The van der Waals surface area contributed by atoms with E-state index in [4.69, 9.17) is 21.4 Å². The van der Waals surface area contributed by atoms with Gasteiger partial charge in [-0.25, -0.2) is 9.59 Å². The summed E-state index contributed by atoms with van der Waals surface area (Å²) in [7, 11) is 0. The molecule has 0 bridgehead atoms. The van der Waals surface area contributed by atoms with Crippen molar-refractivity contribution in [3.8, 4) is 11.4 Å². The van der Waals surface area contributed by atoms with Gasteiger partial charge in [0.25, 0.3) is 5.56 Å². The van der Waals surface area contributed by atoms with Crippen LogP contribution in [0.25, 0.3) is 5.69 Å². The molecule has 0 saturated heterocycles. The minimum Gasteiger partial charge on any atom is -0.488 e. The van der Waals surface area contributed by atoms with Crippen molar-refractivity contribution in [3.63, 3.8) is 0 Å². The fourth-order valence-corrected chi connectivity index (χ4v) is 2.57. The van der Waals surface area contributed by atoms with Crippen molar-refractivity contribution in [2.24, 2.45) is 0 Å². The number of hydrogen-bond acceptors (Lipinski definition) is 5. The molecule has 9 heteroatoms. The van der Waals surface area contributed by atoms with Crippen LogP contribution in [0, 0.1) is 0 Å². The molecule has 1 atom stereocenters. The van der Waals surface area contributed by atoms with Crippen molar-refractivity contribution >= 4 is 17.6 Å². The normalized spacial score (nSPS) is 16.2. The fourth-order valence-electron chi connectivity index (χ4n) is 2.35. The second kappa shape index (κ2) is 4.99. The van der Waals surface area contributed by atoms with Gasteiger partial charge in [-0.3, -0.25) is 9.78 Å². The first-order valence-electron chi connectivity index (χ1n) is 6.34. The molecule has 0 radical (unpaired) electrons. The number of aromatic nitrogens is 3. The minimum atomic E-state index is -1.52. The van der Waals surface area contributed by atoms with E-state index in [1.54, 1.807) is 0 Å². The molecule has 2 aromatic rings. The van der Waals surface area contributed by atoms with Crippen molar-refractivity contribution in [1.82, 2.24) is 14.8 Å². The van der Waals surface area contributed by atoms with Crippen molar-refractivity contribution < 1.29 is 14.6 Å². The molecule has 0 spiro atoms. The summed E-state index contributed by atoms with van der Waals surface area (Å²) in [6.45, 7) is 1.84.